The maximum absolute atomic E-state index is 11.8. The van der Waals surface area contributed by atoms with Gasteiger partial charge < -0.3 is 4.90 Å². The van der Waals surface area contributed by atoms with Crippen LogP contribution in [0, 0.1) is 0 Å². The lowest BCUT2D eigenvalue weighted by Crippen LogP contribution is -2.43. The Balaban J connectivity index is 2.62. The molecule has 0 bridgehead atoms. The van der Waals surface area contributed by atoms with Crippen molar-refractivity contribution in [3.05, 3.63) is 12.2 Å². The Hall–Kier alpha value is -0.790. The number of amides is 1. The molecule has 1 atom stereocenters. The molecule has 2 heteroatoms. The minimum absolute atomic E-state index is 0.156. The summed E-state index contributed by atoms with van der Waals surface area (Å²) in [5, 5.41) is 0. The van der Waals surface area contributed by atoms with Crippen LogP contribution in [0.4, 0.5) is 0 Å². The Kier molecular flexibility index (Phi) is 4.18. The molecule has 1 rings (SSSR count). The average Bonchev–Trinajstić information content (AvgIpc) is 2.18. The maximum Gasteiger partial charge on any atom is 0.249 e. The zero-order chi connectivity index (χ0) is 10.6. The van der Waals surface area contributed by atoms with Gasteiger partial charge in [0, 0.05) is 18.2 Å². The molecule has 0 N–H and O–H groups in total. The van der Waals surface area contributed by atoms with Gasteiger partial charge in [0.15, 0.2) is 0 Å². The van der Waals surface area contributed by atoms with E-state index in [1.54, 1.807) is 6.92 Å². The second kappa shape index (κ2) is 5.18. The fourth-order valence-corrected chi connectivity index (χ4v) is 2.15. The molecular formula is C12H21NO. The summed E-state index contributed by atoms with van der Waals surface area (Å²) >= 11 is 0. The van der Waals surface area contributed by atoms with Gasteiger partial charge in [0.05, 0.1) is 0 Å². The zero-order valence-electron chi connectivity index (χ0n) is 9.38. The first-order valence-corrected chi connectivity index (χ1v) is 5.63. The molecule has 2 nitrogen and oxygen atoms in total. The van der Waals surface area contributed by atoms with Gasteiger partial charge in [-0.15, -0.1) is 0 Å². The van der Waals surface area contributed by atoms with Gasteiger partial charge in [0.25, 0.3) is 0 Å². The summed E-state index contributed by atoms with van der Waals surface area (Å²) in [5.41, 5.74) is 0.674. The first kappa shape index (κ1) is 11.3. The summed E-state index contributed by atoms with van der Waals surface area (Å²) in [4.78, 5) is 13.8. The highest BCUT2D eigenvalue weighted by Crippen LogP contribution is 2.22. The lowest BCUT2D eigenvalue weighted by molar-refractivity contribution is -0.130. The molecule has 1 aliphatic heterocycles. The van der Waals surface area contributed by atoms with E-state index in [2.05, 4.69) is 13.5 Å². The molecule has 0 aromatic heterocycles. The molecule has 1 saturated heterocycles. The van der Waals surface area contributed by atoms with Crippen molar-refractivity contribution in [2.75, 3.05) is 6.54 Å². The molecule has 1 amide bonds. The van der Waals surface area contributed by atoms with Gasteiger partial charge in [-0.25, -0.2) is 0 Å². The van der Waals surface area contributed by atoms with Gasteiger partial charge in [-0.1, -0.05) is 19.9 Å². The van der Waals surface area contributed by atoms with E-state index in [1.807, 2.05) is 4.90 Å². The second-order valence-electron chi connectivity index (χ2n) is 4.22. The van der Waals surface area contributed by atoms with Crippen molar-refractivity contribution in [1.29, 1.82) is 0 Å². The molecule has 1 heterocycles. The summed E-state index contributed by atoms with van der Waals surface area (Å²) in [6, 6.07) is 0.470. The van der Waals surface area contributed by atoms with Crippen LogP contribution in [0.15, 0.2) is 12.2 Å². The molecule has 1 aliphatic rings. The quantitative estimate of drug-likeness (QED) is 0.634. The Morgan fingerprint density at radius 1 is 1.50 bits per heavy atom. The molecule has 0 radical (unpaired) electrons. The van der Waals surface area contributed by atoms with Crippen LogP contribution in [-0.4, -0.2) is 23.4 Å². The first-order chi connectivity index (χ1) is 6.66. The van der Waals surface area contributed by atoms with Crippen LogP contribution < -0.4 is 0 Å². The summed E-state index contributed by atoms with van der Waals surface area (Å²) in [5.74, 6) is 0.156. The number of rotatable bonds is 3. The van der Waals surface area contributed by atoms with E-state index in [0.717, 1.165) is 25.8 Å². The largest absolute Gasteiger partial charge is 0.336 e. The van der Waals surface area contributed by atoms with Gasteiger partial charge in [0.1, 0.15) is 0 Å². The van der Waals surface area contributed by atoms with Gasteiger partial charge in [-0.2, -0.15) is 0 Å². The molecule has 0 aromatic rings. The summed E-state index contributed by atoms with van der Waals surface area (Å²) in [7, 11) is 0. The molecule has 1 unspecified atom stereocenters. The number of carbonyl (C=O) groups excluding carboxylic acids is 1. The molecule has 14 heavy (non-hydrogen) atoms. The van der Waals surface area contributed by atoms with Crippen LogP contribution in [-0.2, 0) is 4.79 Å². The summed E-state index contributed by atoms with van der Waals surface area (Å²) in [6.07, 6.45) is 5.89. The highest BCUT2D eigenvalue weighted by atomic mass is 16.2. The first-order valence-electron chi connectivity index (χ1n) is 5.63. The molecule has 0 spiro atoms. The van der Waals surface area contributed by atoms with Gasteiger partial charge >= 0.3 is 0 Å². The van der Waals surface area contributed by atoms with Crippen molar-refractivity contribution >= 4 is 5.91 Å². The third-order valence-electron chi connectivity index (χ3n) is 2.87. The number of likely N-dealkylation sites (tertiary alicyclic amines) is 1. The predicted octanol–water partition coefficient (Wildman–Crippen LogP) is 2.74. The molecule has 0 saturated carbocycles. The third kappa shape index (κ3) is 2.60. The van der Waals surface area contributed by atoms with E-state index in [1.165, 1.54) is 12.8 Å². The van der Waals surface area contributed by atoms with Crippen LogP contribution in [0.25, 0.3) is 0 Å². The lowest BCUT2D eigenvalue weighted by atomic mass is 9.97. The Labute approximate surface area is 87.0 Å². The molecule has 0 aliphatic carbocycles. The number of nitrogens with zero attached hydrogens (tertiary/aromatic N) is 1. The fraction of sp³-hybridized carbons (Fsp3) is 0.750. The highest BCUT2D eigenvalue weighted by molar-refractivity contribution is 5.92. The normalized spacial score (nSPS) is 22.1. The number of carbonyl (C=O) groups is 1. The van der Waals surface area contributed by atoms with Crippen molar-refractivity contribution in [2.24, 2.45) is 0 Å². The minimum atomic E-state index is 0.156. The van der Waals surface area contributed by atoms with E-state index < -0.39 is 0 Å². The predicted molar refractivity (Wildman–Crippen MR) is 59.1 cm³/mol. The zero-order valence-corrected chi connectivity index (χ0v) is 9.38. The van der Waals surface area contributed by atoms with Crippen LogP contribution in [0.1, 0.15) is 46.0 Å². The van der Waals surface area contributed by atoms with Crippen molar-refractivity contribution in [1.82, 2.24) is 4.90 Å². The smallest absolute Gasteiger partial charge is 0.249 e. The van der Waals surface area contributed by atoms with Crippen LogP contribution in [0.3, 0.4) is 0 Å². The number of hydrogen-bond donors (Lipinski definition) is 0. The summed E-state index contributed by atoms with van der Waals surface area (Å²) in [6.45, 7) is 8.64. The Bertz CT molecular complexity index is 220. The Morgan fingerprint density at radius 2 is 2.21 bits per heavy atom. The molecular weight excluding hydrogens is 174 g/mol. The van der Waals surface area contributed by atoms with E-state index in [9.17, 15) is 4.79 Å². The standard InChI is InChI=1S/C12H21NO/c1-4-7-11-8-5-6-9-13(11)12(14)10(2)3/h11H,2,4-9H2,1,3H3. The monoisotopic (exact) mass is 195 g/mol. The van der Waals surface area contributed by atoms with Crippen LogP contribution >= 0.6 is 0 Å². The second-order valence-corrected chi connectivity index (χ2v) is 4.22. The molecule has 80 valence electrons. The maximum atomic E-state index is 11.8. The average molecular weight is 195 g/mol. The van der Waals surface area contributed by atoms with Crippen molar-refractivity contribution in [2.45, 2.75) is 52.0 Å². The number of piperidine rings is 1. The number of hydrogen-bond acceptors (Lipinski definition) is 1. The Morgan fingerprint density at radius 3 is 2.79 bits per heavy atom. The van der Waals surface area contributed by atoms with Gasteiger partial charge in [-0.3, -0.25) is 4.79 Å². The fourth-order valence-electron chi connectivity index (χ4n) is 2.15. The topological polar surface area (TPSA) is 20.3 Å². The minimum Gasteiger partial charge on any atom is -0.336 e. The highest BCUT2D eigenvalue weighted by Gasteiger charge is 2.25. The lowest BCUT2D eigenvalue weighted by Gasteiger charge is -2.35. The van der Waals surface area contributed by atoms with Gasteiger partial charge in [0.2, 0.25) is 5.91 Å². The van der Waals surface area contributed by atoms with Gasteiger partial charge in [-0.05, 0) is 32.6 Å². The van der Waals surface area contributed by atoms with Crippen LogP contribution in [0.5, 0.6) is 0 Å². The molecule has 1 fully saturated rings. The van der Waals surface area contributed by atoms with Crippen LogP contribution in [0.2, 0.25) is 0 Å². The van der Waals surface area contributed by atoms with E-state index in [0.29, 0.717) is 11.6 Å². The van der Waals surface area contributed by atoms with E-state index >= 15 is 0 Å². The van der Waals surface area contributed by atoms with E-state index in [4.69, 9.17) is 0 Å². The SMILES string of the molecule is C=C(C)C(=O)N1CCCCC1CCC. The van der Waals surface area contributed by atoms with Crippen molar-refractivity contribution in [3.8, 4) is 0 Å². The van der Waals surface area contributed by atoms with Crippen molar-refractivity contribution in [3.63, 3.8) is 0 Å². The van der Waals surface area contributed by atoms with E-state index in [-0.39, 0.29) is 5.91 Å². The van der Waals surface area contributed by atoms with Crippen molar-refractivity contribution < 1.29 is 4.79 Å². The summed E-state index contributed by atoms with van der Waals surface area (Å²) < 4.78 is 0. The molecule has 0 aromatic carbocycles. The third-order valence-corrected chi connectivity index (χ3v) is 2.87.